The summed E-state index contributed by atoms with van der Waals surface area (Å²) in [6.45, 7) is 6.76. The molecule has 0 saturated heterocycles. The molecule has 0 aliphatic heterocycles. The highest BCUT2D eigenvalue weighted by Gasteiger charge is 2.47. The van der Waals surface area contributed by atoms with E-state index < -0.39 is 8.80 Å². The lowest BCUT2D eigenvalue weighted by Crippen LogP contribution is -2.48. The Morgan fingerprint density at radius 3 is 0.868 bits per heavy atom. The second-order valence-corrected chi connectivity index (χ2v) is 18.4. The van der Waals surface area contributed by atoms with E-state index in [4.69, 9.17) is 18.4 Å². The predicted molar refractivity (Wildman–Crippen MR) is 234 cm³/mol. The predicted octanol–water partition coefficient (Wildman–Crippen LogP) is 15.7. The zero-order valence-electron chi connectivity index (χ0n) is 35.8. The van der Waals surface area contributed by atoms with Crippen LogP contribution in [0.25, 0.3) is 0 Å². The molecule has 0 atom stereocenters. The molecule has 0 fully saturated rings. The van der Waals surface area contributed by atoms with Crippen molar-refractivity contribution >= 4 is 38.5 Å². The molecule has 0 bridgehead atoms. The summed E-state index contributed by atoms with van der Waals surface area (Å²) in [7, 11) is -1.82. The van der Waals surface area contributed by atoms with Crippen LogP contribution < -0.4 is 0 Å². The second-order valence-electron chi connectivity index (χ2n) is 15.5. The molecule has 0 aromatic rings. The topological polar surface area (TPSA) is 82.1 Å². The molecular weight excluding hydrogens is 697 g/mol. The summed E-state index contributed by atoms with van der Waals surface area (Å²) in [4.78, 5) is 25.8. The van der Waals surface area contributed by atoms with Crippen molar-refractivity contribution < 1.29 is 28.0 Å². The highest BCUT2D eigenvalue weighted by molar-refractivity contribution is 7.78. The summed E-state index contributed by atoms with van der Waals surface area (Å²) in [5, 5.41) is 7.26. The van der Waals surface area contributed by atoms with Crippen LogP contribution in [0.5, 0.6) is 0 Å². The van der Waals surface area contributed by atoms with Crippen molar-refractivity contribution in [3.05, 3.63) is 0 Å². The van der Waals surface area contributed by atoms with Gasteiger partial charge in [0.15, 0.2) is 0 Å². The van der Waals surface area contributed by atoms with Gasteiger partial charge in [0.2, 0.25) is 0 Å². The maximum Gasteiger partial charge on any atom is 0.635 e. The number of thiocarbonyl (C=S) groups is 1. The first kappa shape index (κ1) is 54.1. The third-order valence-corrected chi connectivity index (χ3v) is 13.1. The average molecular weight is 787 g/mol. The first-order valence-corrected chi connectivity index (χ1v) is 25.4. The molecule has 53 heavy (non-hydrogen) atoms. The quantitative estimate of drug-likeness (QED) is 0.0375. The van der Waals surface area contributed by atoms with E-state index in [9.17, 15) is 9.59 Å². The van der Waals surface area contributed by atoms with Crippen molar-refractivity contribution in [3.8, 4) is 0 Å². The number of carbonyl (C=O) groups excluding carboxylic acids is 2. The SMILES string of the molecule is CCCCCCCCCCCCCCCCCC(=O)O[Si](CCCCCCC)(OC)OC(=O)CCCCCCCCCCCCCCCCC.OC=S. The summed E-state index contributed by atoms with van der Waals surface area (Å²) in [5.41, 5.74) is 0.583. The molecule has 316 valence electrons. The van der Waals surface area contributed by atoms with Crippen molar-refractivity contribution in [1.82, 2.24) is 0 Å². The number of aliphatic hydroxyl groups excluding tert-OH is 1. The van der Waals surface area contributed by atoms with Gasteiger partial charge in [-0.15, -0.1) is 0 Å². The number of aliphatic hydroxyl groups is 1. The third-order valence-electron chi connectivity index (χ3n) is 10.4. The molecule has 6 nitrogen and oxygen atoms in total. The lowest BCUT2D eigenvalue weighted by molar-refractivity contribution is -0.145. The Morgan fingerprint density at radius 2 is 0.642 bits per heavy atom. The number of hydrogen-bond donors (Lipinski definition) is 1. The lowest BCUT2D eigenvalue weighted by atomic mass is 10.0. The summed E-state index contributed by atoms with van der Waals surface area (Å²) in [6.07, 6.45) is 45.1. The van der Waals surface area contributed by atoms with E-state index >= 15 is 0 Å². The summed E-state index contributed by atoms with van der Waals surface area (Å²) >= 11 is 3.82. The first-order valence-electron chi connectivity index (χ1n) is 23.0. The van der Waals surface area contributed by atoms with Gasteiger partial charge in [-0.3, -0.25) is 9.59 Å². The van der Waals surface area contributed by atoms with Gasteiger partial charge in [0.05, 0.1) is 0 Å². The molecule has 0 radical (unpaired) electrons. The van der Waals surface area contributed by atoms with Crippen molar-refractivity contribution in [2.45, 2.75) is 264 Å². The molecule has 0 spiro atoms. The van der Waals surface area contributed by atoms with Crippen molar-refractivity contribution in [2.24, 2.45) is 0 Å². The van der Waals surface area contributed by atoms with Gasteiger partial charge < -0.3 is 18.4 Å². The Labute approximate surface area is 336 Å². The number of carbonyl (C=O) groups is 2. The van der Waals surface area contributed by atoms with Gasteiger partial charge in [-0.05, 0) is 31.5 Å². The Kier molecular flexibility index (Phi) is 46.3. The fraction of sp³-hybridized carbons (Fsp3) is 0.933. The average Bonchev–Trinajstić information content (AvgIpc) is 3.15. The monoisotopic (exact) mass is 787 g/mol. The van der Waals surface area contributed by atoms with Crippen LogP contribution in [0.1, 0.15) is 258 Å². The summed E-state index contributed by atoms with van der Waals surface area (Å²) in [6, 6.07) is 0.530. The molecule has 0 aliphatic carbocycles. The third kappa shape index (κ3) is 42.0. The van der Waals surface area contributed by atoms with Gasteiger partial charge >= 0.3 is 8.80 Å². The van der Waals surface area contributed by atoms with Gasteiger partial charge in [-0.1, -0.05) is 226 Å². The number of unbranched alkanes of at least 4 members (excludes halogenated alkanes) is 32. The smallest absolute Gasteiger partial charge is 0.504 e. The van der Waals surface area contributed by atoms with Crippen LogP contribution >= 0.6 is 12.2 Å². The van der Waals surface area contributed by atoms with Gasteiger partial charge in [0, 0.05) is 26.0 Å². The van der Waals surface area contributed by atoms with E-state index in [0.29, 0.717) is 24.4 Å². The lowest BCUT2D eigenvalue weighted by Gasteiger charge is -2.27. The largest absolute Gasteiger partial charge is 0.635 e. The van der Waals surface area contributed by atoms with Crippen LogP contribution in [0.15, 0.2) is 0 Å². The number of rotatable bonds is 41. The minimum atomic E-state index is -3.37. The van der Waals surface area contributed by atoms with Crippen molar-refractivity contribution in [2.75, 3.05) is 7.11 Å². The van der Waals surface area contributed by atoms with Crippen LogP contribution in [0.2, 0.25) is 6.04 Å². The van der Waals surface area contributed by atoms with E-state index in [1.807, 2.05) is 0 Å². The van der Waals surface area contributed by atoms with E-state index in [1.54, 1.807) is 7.11 Å². The van der Waals surface area contributed by atoms with E-state index in [1.165, 1.54) is 180 Å². The van der Waals surface area contributed by atoms with Crippen molar-refractivity contribution in [3.63, 3.8) is 0 Å². The minimum absolute atomic E-state index is 0.262. The molecule has 0 unspecified atom stereocenters. The molecule has 1 N–H and O–H groups in total. The Balaban J connectivity index is 0. The molecular formula is C45H90O6SSi. The van der Waals surface area contributed by atoms with Crippen LogP contribution in [-0.4, -0.2) is 38.5 Å². The maximum absolute atomic E-state index is 12.9. The van der Waals surface area contributed by atoms with Crippen LogP contribution in [0, 0.1) is 0 Å². The van der Waals surface area contributed by atoms with Crippen LogP contribution in [0.3, 0.4) is 0 Å². The van der Waals surface area contributed by atoms with Gasteiger partial charge in [-0.2, -0.15) is 0 Å². The molecule has 0 aliphatic rings. The number of hydrogen-bond acceptors (Lipinski definition) is 6. The summed E-state index contributed by atoms with van der Waals surface area (Å²) in [5.74, 6) is -0.525. The molecule has 8 heteroatoms. The van der Waals surface area contributed by atoms with Gasteiger partial charge in [0.1, 0.15) is 5.55 Å². The molecule has 0 rings (SSSR count). The van der Waals surface area contributed by atoms with Crippen LogP contribution in [0.4, 0.5) is 0 Å². The Hall–Kier alpha value is -0.993. The zero-order valence-corrected chi connectivity index (χ0v) is 37.7. The normalized spacial score (nSPS) is 11.2. The van der Waals surface area contributed by atoms with Crippen LogP contribution in [-0.2, 0) is 22.9 Å². The standard InChI is InChI=1S/C44H88O5Si.CH2OS/c1-5-8-11-14-16-18-20-22-24-26-28-30-32-34-37-40-43(45)48-50(47-4,42-39-36-13-10-7-3)49-44(46)41-38-35-33-31-29-27-25-23-21-19-17-15-12-9-6-2;2-1-3/h5-42H2,1-4H3;1H,(H,2,3). The highest BCUT2D eigenvalue weighted by Crippen LogP contribution is 2.23. The minimum Gasteiger partial charge on any atom is -0.504 e. The van der Waals surface area contributed by atoms with Gasteiger partial charge in [0.25, 0.3) is 11.9 Å². The second kappa shape index (κ2) is 45.4. The fourth-order valence-electron chi connectivity index (χ4n) is 6.98. The molecule has 0 heterocycles. The van der Waals surface area contributed by atoms with E-state index in [-0.39, 0.29) is 11.9 Å². The molecule has 0 saturated carbocycles. The van der Waals surface area contributed by atoms with Crippen molar-refractivity contribution in [1.29, 1.82) is 0 Å². The zero-order chi connectivity index (χ0) is 39.4. The fourth-order valence-corrected chi connectivity index (χ4v) is 9.18. The first-order chi connectivity index (χ1) is 25.9. The van der Waals surface area contributed by atoms with Gasteiger partial charge in [-0.25, -0.2) is 0 Å². The van der Waals surface area contributed by atoms with E-state index in [0.717, 1.165) is 44.9 Å². The Bertz CT molecular complexity index is 719. The molecule has 0 amide bonds. The van der Waals surface area contributed by atoms with E-state index in [2.05, 4.69) is 33.0 Å². The molecule has 0 aromatic heterocycles. The maximum atomic E-state index is 12.9. The highest BCUT2D eigenvalue weighted by atomic mass is 32.1. The Morgan fingerprint density at radius 1 is 0.434 bits per heavy atom. The molecule has 0 aromatic carbocycles. The summed E-state index contributed by atoms with van der Waals surface area (Å²) < 4.78 is 17.7.